The highest BCUT2D eigenvalue weighted by Gasteiger charge is 2.21. The summed E-state index contributed by atoms with van der Waals surface area (Å²) in [6.45, 7) is 11.6. The van der Waals surface area contributed by atoms with E-state index in [1.807, 2.05) is 0 Å². The van der Waals surface area contributed by atoms with Crippen molar-refractivity contribution in [1.29, 1.82) is 0 Å². The maximum atomic E-state index is 2.67. The number of hydrogen-bond acceptors (Lipinski definition) is 1. The van der Waals surface area contributed by atoms with E-state index >= 15 is 0 Å². The molecule has 0 amide bonds. The Hall–Kier alpha value is -1.28. The minimum absolute atomic E-state index is 0.721. The molecule has 2 aromatic rings. The average Bonchev–Trinajstić information content (AvgIpc) is 2.85. The molecule has 2 heterocycles. The molecule has 1 saturated heterocycles. The number of benzene rings is 1. The largest absolute Gasteiger partial charge is 0.350 e. The third-order valence-electron chi connectivity index (χ3n) is 5.63. The van der Waals surface area contributed by atoms with Crippen LogP contribution in [-0.2, 0) is 13.6 Å². The van der Waals surface area contributed by atoms with Crippen molar-refractivity contribution in [2.45, 2.75) is 59.5 Å². The summed E-state index contributed by atoms with van der Waals surface area (Å²) in [4.78, 5) is 2.67. The van der Waals surface area contributed by atoms with Gasteiger partial charge in [-0.1, -0.05) is 6.42 Å². The summed E-state index contributed by atoms with van der Waals surface area (Å²) < 4.78 is 2.28. The van der Waals surface area contributed by atoms with Crippen molar-refractivity contribution in [3.8, 4) is 0 Å². The fourth-order valence-corrected chi connectivity index (χ4v) is 3.93. The maximum absolute atomic E-state index is 2.67. The van der Waals surface area contributed by atoms with Crippen molar-refractivity contribution in [2.75, 3.05) is 6.54 Å². The van der Waals surface area contributed by atoms with Crippen molar-refractivity contribution in [1.82, 2.24) is 9.47 Å². The molecule has 1 aliphatic heterocycles. The minimum Gasteiger partial charge on any atom is -0.350 e. The first kappa shape index (κ1) is 14.6. The van der Waals surface area contributed by atoms with Gasteiger partial charge in [0.05, 0.1) is 5.52 Å². The van der Waals surface area contributed by atoms with E-state index in [4.69, 9.17) is 0 Å². The molecule has 114 valence electrons. The fourth-order valence-electron chi connectivity index (χ4n) is 3.93. The molecule has 1 aromatic heterocycles. The lowest BCUT2D eigenvalue weighted by atomic mass is 9.93. The van der Waals surface area contributed by atoms with Crippen LogP contribution in [0.5, 0.6) is 0 Å². The Morgan fingerprint density at radius 3 is 2.57 bits per heavy atom. The second-order valence-corrected chi connectivity index (χ2v) is 6.86. The topological polar surface area (TPSA) is 8.17 Å². The van der Waals surface area contributed by atoms with E-state index in [-0.39, 0.29) is 0 Å². The second kappa shape index (κ2) is 5.49. The summed E-state index contributed by atoms with van der Waals surface area (Å²) >= 11 is 0. The van der Waals surface area contributed by atoms with Gasteiger partial charge in [0, 0.05) is 31.2 Å². The molecule has 1 unspecified atom stereocenters. The SMILES string of the molecule is Cc1c(C)c(C)c2c(ccn2C)c1CN1CCCCC1C. The normalized spacial score (nSPS) is 20.3. The first-order chi connectivity index (χ1) is 10.0. The van der Waals surface area contributed by atoms with Crippen molar-refractivity contribution >= 4 is 10.9 Å². The highest BCUT2D eigenvalue weighted by molar-refractivity contribution is 5.89. The molecule has 1 aromatic carbocycles. The molecule has 21 heavy (non-hydrogen) atoms. The smallest absolute Gasteiger partial charge is 0.0513 e. The number of aromatic nitrogens is 1. The first-order valence-corrected chi connectivity index (χ1v) is 8.28. The van der Waals surface area contributed by atoms with Crippen LogP contribution in [-0.4, -0.2) is 22.1 Å². The number of fused-ring (bicyclic) bond motifs is 1. The van der Waals surface area contributed by atoms with E-state index in [2.05, 4.69) is 56.5 Å². The van der Waals surface area contributed by atoms with Crippen molar-refractivity contribution in [2.24, 2.45) is 7.05 Å². The predicted molar refractivity (Wildman–Crippen MR) is 90.9 cm³/mol. The van der Waals surface area contributed by atoms with Gasteiger partial charge in [0.2, 0.25) is 0 Å². The Balaban J connectivity index is 2.09. The zero-order chi connectivity index (χ0) is 15.1. The van der Waals surface area contributed by atoms with E-state index < -0.39 is 0 Å². The number of hydrogen-bond donors (Lipinski definition) is 0. The van der Waals surface area contributed by atoms with Crippen LogP contribution in [0.1, 0.15) is 48.4 Å². The zero-order valence-electron chi connectivity index (χ0n) is 14.2. The molecule has 2 nitrogen and oxygen atoms in total. The molecule has 0 radical (unpaired) electrons. The van der Waals surface area contributed by atoms with Gasteiger partial charge in [-0.25, -0.2) is 0 Å². The van der Waals surface area contributed by atoms with Gasteiger partial charge in [-0.05, 0) is 75.4 Å². The Morgan fingerprint density at radius 1 is 1.10 bits per heavy atom. The average molecular weight is 284 g/mol. The Kier molecular flexibility index (Phi) is 3.83. The standard InChI is InChI=1S/C19H28N2/c1-13-8-6-7-10-21(13)12-18-15(3)14(2)16(4)19-17(18)9-11-20(19)5/h9,11,13H,6-8,10,12H2,1-5H3. The molecule has 0 bridgehead atoms. The van der Waals surface area contributed by atoms with E-state index in [0.717, 1.165) is 12.6 Å². The van der Waals surface area contributed by atoms with Crippen LogP contribution < -0.4 is 0 Å². The van der Waals surface area contributed by atoms with Crippen LogP contribution in [0.3, 0.4) is 0 Å². The van der Waals surface area contributed by atoms with Crippen LogP contribution in [0.4, 0.5) is 0 Å². The molecule has 0 aliphatic carbocycles. The quantitative estimate of drug-likeness (QED) is 0.789. The van der Waals surface area contributed by atoms with Gasteiger partial charge in [0.15, 0.2) is 0 Å². The lowest BCUT2D eigenvalue weighted by molar-refractivity contribution is 0.153. The lowest BCUT2D eigenvalue weighted by Crippen LogP contribution is -2.37. The van der Waals surface area contributed by atoms with Gasteiger partial charge in [0.1, 0.15) is 0 Å². The molecule has 0 saturated carbocycles. The predicted octanol–water partition coefficient (Wildman–Crippen LogP) is 4.48. The monoisotopic (exact) mass is 284 g/mol. The van der Waals surface area contributed by atoms with E-state index in [9.17, 15) is 0 Å². The molecular weight excluding hydrogens is 256 g/mol. The highest BCUT2D eigenvalue weighted by Crippen LogP contribution is 2.32. The summed E-state index contributed by atoms with van der Waals surface area (Å²) in [5.74, 6) is 0. The third-order valence-corrected chi connectivity index (χ3v) is 5.63. The molecule has 2 heteroatoms. The molecule has 0 spiro atoms. The van der Waals surface area contributed by atoms with Gasteiger partial charge >= 0.3 is 0 Å². The molecule has 0 N–H and O–H groups in total. The molecule has 1 aliphatic rings. The summed E-state index contributed by atoms with van der Waals surface area (Å²) in [5.41, 5.74) is 7.35. The maximum Gasteiger partial charge on any atom is 0.0513 e. The van der Waals surface area contributed by atoms with Gasteiger partial charge in [-0.15, -0.1) is 0 Å². The molecule has 1 fully saturated rings. The summed E-state index contributed by atoms with van der Waals surface area (Å²) in [6, 6.07) is 3.03. The van der Waals surface area contributed by atoms with E-state index in [1.165, 1.54) is 53.4 Å². The fraction of sp³-hybridized carbons (Fsp3) is 0.579. The summed E-state index contributed by atoms with van der Waals surface area (Å²) in [5, 5.41) is 1.45. The zero-order valence-corrected chi connectivity index (χ0v) is 14.2. The number of nitrogens with zero attached hydrogens (tertiary/aromatic N) is 2. The van der Waals surface area contributed by atoms with Crippen LogP contribution in [0, 0.1) is 20.8 Å². The Bertz CT molecular complexity index is 666. The van der Waals surface area contributed by atoms with Gasteiger partial charge in [-0.3, -0.25) is 4.90 Å². The summed E-state index contributed by atoms with van der Waals surface area (Å²) in [7, 11) is 2.16. The van der Waals surface area contributed by atoms with Crippen LogP contribution >= 0.6 is 0 Å². The molecular formula is C19H28N2. The van der Waals surface area contributed by atoms with E-state index in [0.29, 0.717) is 0 Å². The Morgan fingerprint density at radius 2 is 1.86 bits per heavy atom. The third kappa shape index (κ3) is 2.40. The molecule has 1 atom stereocenters. The van der Waals surface area contributed by atoms with Crippen molar-refractivity contribution in [3.63, 3.8) is 0 Å². The lowest BCUT2D eigenvalue weighted by Gasteiger charge is -2.34. The van der Waals surface area contributed by atoms with Gasteiger partial charge in [0.25, 0.3) is 0 Å². The van der Waals surface area contributed by atoms with E-state index in [1.54, 1.807) is 5.56 Å². The molecule has 3 rings (SSSR count). The van der Waals surface area contributed by atoms with Crippen molar-refractivity contribution < 1.29 is 0 Å². The second-order valence-electron chi connectivity index (χ2n) is 6.86. The van der Waals surface area contributed by atoms with Gasteiger partial charge < -0.3 is 4.57 Å². The van der Waals surface area contributed by atoms with Crippen LogP contribution in [0.25, 0.3) is 10.9 Å². The van der Waals surface area contributed by atoms with Gasteiger partial charge in [-0.2, -0.15) is 0 Å². The first-order valence-electron chi connectivity index (χ1n) is 8.28. The Labute approximate surface area is 128 Å². The number of rotatable bonds is 2. The van der Waals surface area contributed by atoms with Crippen molar-refractivity contribution in [3.05, 3.63) is 34.5 Å². The number of aryl methyl sites for hydroxylation is 2. The van der Waals surface area contributed by atoms with Crippen LogP contribution in [0.15, 0.2) is 12.3 Å². The van der Waals surface area contributed by atoms with Crippen LogP contribution in [0.2, 0.25) is 0 Å². The number of piperidine rings is 1. The minimum atomic E-state index is 0.721. The summed E-state index contributed by atoms with van der Waals surface area (Å²) in [6.07, 6.45) is 6.30. The number of likely N-dealkylation sites (tertiary alicyclic amines) is 1. The highest BCUT2D eigenvalue weighted by atomic mass is 15.2.